The van der Waals surface area contributed by atoms with Gasteiger partial charge in [-0.3, -0.25) is 14.6 Å². The molecule has 0 aromatic heterocycles. The van der Waals surface area contributed by atoms with Crippen LogP contribution in [0.25, 0.3) is 0 Å². The second kappa shape index (κ2) is 5.62. The van der Waals surface area contributed by atoms with E-state index in [1.54, 1.807) is 0 Å². The average Bonchev–Trinajstić information content (AvgIpc) is 3.17. The molecule has 2 heterocycles. The third-order valence-corrected chi connectivity index (χ3v) is 5.35. The van der Waals surface area contributed by atoms with Gasteiger partial charge in [-0.1, -0.05) is 6.92 Å². The van der Waals surface area contributed by atoms with Crippen LogP contribution >= 0.6 is 0 Å². The first kappa shape index (κ1) is 14.3. The van der Waals surface area contributed by atoms with Crippen LogP contribution in [-0.2, 0) is 4.79 Å². The van der Waals surface area contributed by atoms with Gasteiger partial charge in [-0.2, -0.15) is 0 Å². The maximum absolute atomic E-state index is 12.1. The topological polar surface area (TPSA) is 61.6 Å². The highest BCUT2D eigenvalue weighted by atomic mass is 16.1. The largest absolute Gasteiger partial charge is 0.368 e. The summed E-state index contributed by atoms with van der Waals surface area (Å²) in [6.45, 7) is 8.26. The van der Waals surface area contributed by atoms with E-state index >= 15 is 0 Å². The monoisotopic (exact) mass is 280 g/mol. The maximum atomic E-state index is 12.1. The molecule has 0 aromatic carbocycles. The first-order chi connectivity index (χ1) is 9.65. The Labute approximate surface area is 121 Å². The molecule has 0 spiro atoms. The van der Waals surface area contributed by atoms with E-state index in [2.05, 4.69) is 22.0 Å². The number of hydrogen-bond donors (Lipinski definition) is 2. The zero-order valence-corrected chi connectivity index (χ0v) is 12.6. The van der Waals surface area contributed by atoms with Crippen LogP contribution in [0.1, 0.15) is 32.6 Å². The third kappa shape index (κ3) is 2.59. The zero-order valence-electron chi connectivity index (χ0n) is 12.6. The molecule has 1 saturated carbocycles. The third-order valence-electron chi connectivity index (χ3n) is 5.35. The van der Waals surface area contributed by atoms with Crippen LogP contribution in [0.4, 0.5) is 0 Å². The van der Waals surface area contributed by atoms with Gasteiger partial charge in [-0.05, 0) is 44.7 Å². The number of nitrogens with zero attached hydrogens (tertiary/aromatic N) is 2. The lowest BCUT2D eigenvalue weighted by Crippen LogP contribution is -2.65. The van der Waals surface area contributed by atoms with Gasteiger partial charge < -0.3 is 11.1 Å². The molecule has 2 aliphatic heterocycles. The molecule has 5 nitrogen and oxygen atoms in total. The van der Waals surface area contributed by atoms with Crippen LogP contribution in [0.5, 0.6) is 0 Å². The smallest absolute Gasteiger partial charge is 0.239 e. The van der Waals surface area contributed by atoms with Crippen molar-refractivity contribution >= 4 is 5.91 Å². The van der Waals surface area contributed by atoms with Crippen molar-refractivity contribution in [3.8, 4) is 0 Å². The molecule has 0 aromatic rings. The molecule has 3 fully saturated rings. The van der Waals surface area contributed by atoms with Crippen LogP contribution in [0.3, 0.4) is 0 Å². The highest BCUT2D eigenvalue weighted by Crippen LogP contribution is 2.40. The molecule has 3 N–H and O–H groups in total. The van der Waals surface area contributed by atoms with Crippen LogP contribution < -0.4 is 11.1 Å². The number of rotatable bonds is 6. The number of hydrogen-bond acceptors (Lipinski definition) is 4. The number of nitrogens with two attached hydrogens (primary N) is 1. The number of nitrogens with one attached hydrogen (secondary N) is 1. The molecule has 1 aliphatic carbocycles. The summed E-state index contributed by atoms with van der Waals surface area (Å²) in [5.74, 6) is 0.289. The molecule has 2 saturated heterocycles. The standard InChI is InChI=1S/C15H28N4O/c1-2-17-15(14(16)20,12-5-6-12)11-18-8-9-19-7-3-4-13(19)10-18/h12-13,17H,2-11H2,1H3,(H2,16,20). The summed E-state index contributed by atoms with van der Waals surface area (Å²) in [4.78, 5) is 17.2. The van der Waals surface area contributed by atoms with E-state index in [0.29, 0.717) is 12.0 Å². The van der Waals surface area contributed by atoms with E-state index in [1.807, 2.05) is 0 Å². The van der Waals surface area contributed by atoms with Crippen LogP contribution in [-0.4, -0.2) is 66.6 Å². The summed E-state index contributed by atoms with van der Waals surface area (Å²) >= 11 is 0. The van der Waals surface area contributed by atoms with Crippen molar-refractivity contribution in [1.82, 2.24) is 15.1 Å². The number of likely N-dealkylation sites (N-methyl/N-ethyl adjacent to an activating group) is 1. The number of primary amides is 1. The van der Waals surface area contributed by atoms with Gasteiger partial charge in [-0.15, -0.1) is 0 Å². The number of carbonyl (C=O) groups excluding carboxylic acids is 1. The first-order valence-corrected chi connectivity index (χ1v) is 8.17. The summed E-state index contributed by atoms with van der Waals surface area (Å²) in [7, 11) is 0. The minimum absolute atomic E-state index is 0.157. The van der Waals surface area contributed by atoms with Crippen LogP contribution in [0.2, 0.25) is 0 Å². The zero-order chi connectivity index (χ0) is 14.2. The predicted molar refractivity (Wildman–Crippen MR) is 79.4 cm³/mol. The number of carbonyl (C=O) groups is 1. The van der Waals surface area contributed by atoms with E-state index < -0.39 is 5.54 Å². The maximum Gasteiger partial charge on any atom is 0.239 e. The second-order valence-corrected chi connectivity index (χ2v) is 6.71. The van der Waals surface area contributed by atoms with Crippen LogP contribution in [0.15, 0.2) is 0 Å². The molecule has 20 heavy (non-hydrogen) atoms. The summed E-state index contributed by atoms with van der Waals surface area (Å²) in [5, 5.41) is 3.43. The van der Waals surface area contributed by atoms with E-state index in [4.69, 9.17) is 5.73 Å². The normalized spacial score (nSPS) is 30.9. The average molecular weight is 280 g/mol. The van der Waals surface area contributed by atoms with Crippen molar-refractivity contribution in [2.45, 2.75) is 44.2 Å². The summed E-state index contributed by atoms with van der Waals surface area (Å²) < 4.78 is 0. The molecule has 0 bridgehead atoms. The molecule has 0 radical (unpaired) electrons. The fraction of sp³-hybridized carbons (Fsp3) is 0.933. The number of amides is 1. The van der Waals surface area contributed by atoms with Gasteiger partial charge in [-0.25, -0.2) is 0 Å². The van der Waals surface area contributed by atoms with Gasteiger partial charge in [0.15, 0.2) is 0 Å². The van der Waals surface area contributed by atoms with Gasteiger partial charge in [0.25, 0.3) is 0 Å². The Morgan fingerprint density at radius 3 is 2.75 bits per heavy atom. The van der Waals surface area contributed by atoms with Crippen LogP contribution in [0, 0.1) is 5.92 Å². The van der Waals surface area contributed by atoms with Crippen molar-refractivity contribution in [3.05, 3.63) is 0 Å². The minimum Gasteiger partial charge on any atom is -0.368 e. The molecule has 114 valence electrons. The lowest BCUT2D eigenvalue weighted by Gasteiger charge is -2.42. The Morgan fingerprint density at radius 2 is 2.10 bits per heavy atom. The Morgan fingerprint density at radius 1 is 1.30 bits per heavy atom. The van der Waals surface area contributed by atoms with Crippen molar-refractivity contribution in [2.24, 2.45) is 11.7 Å². The summed E-state index contributed by atoms with van der Waals surface area (Å²) in [6.07, 6.45) is 4.92. The van der Waals surface area contributed by atoms with E-state index in [-0.39, 0.29) is 5.91 Å². The molecule has 3 rings (SSSR count). The number of piperazine rings is 1. The molecule has 2 unspecified atom stereocenters. The predicted octanol–water partition coefficient (Wildman–Crippen LogP) is 0.0100. The molecule has 5 heteroatoms. The lowest BCUT2D eigenvalue weighted by atomic mass is 9.90. The Balaban J connectivity index is 1.68. The van der Waals surface area contributed by atoms with Crippen molar-refractivity contribution in [3.63, 3.8) is 0 Å². The molecular formula is C15H28N4O. The SMILES string of the molecule is CCNC(CN1CCN2CCCC2C1)(C(N)=O)C1CC1. The van der Waals surface area contributed by atoms with Gasteiger partial charge in [0.2, 0.25) is 5.91 Å². The highest BCUT2D eigenvalue weighted by molar-refractivity contribution is 5.86. The first-order valence-electron chi connectivity index (χ1n) is 8.17. The quantitative estimate of drug-likeness (QED) is 0.719. The Hall–Kier alpha value is -0.650. The van der Waals surface area contributed by atoms with Crippen molar-refractivity contribution < 1.29 is 4.79 Å². The second-order valence-electron chi connectivity index (χ2n) is 6.71. The molecule has 2 atom stereocenters. The van der Waals surface area contributed by atoms with E-state index in [0.717, 1.165) is 45.6 Å². The number of fused-ring (bicyclic) bond motifs is 1. The molecule has 1 amide bonds. The fourth-order valence-corrected chi connectivity index (χ4v) is 4.14. The van der Waals surface area contributed by atoms with Gasteiger partial charge in [0, 0.05) is 32.2 Å². The molecule has 3 aliphatic rings. The van der Waals surface area contributed by atoms with Gasteiger partial charge >= 0.3 is 0 Å². The summed E-state index contributed by atoms with van der Waals surface area (Å²) in [5.41, 5.74) is 5.29. The van der Waals surface area contributed by atoms with Crippen molar-refractivity contribution in [2.75, 3.05) is 39.3 Å². The summed E-state index contributed by atoms with van der Waals surface area (Å²) in [6, 6.07) is 0.704. The fourth-order valence-electron chi connectivity index (χ4n) is 4.14. The Bertz CT molecular complexity index is 371. The highest BCUT2D eigenvalue weighted by Gasteiger charge is 2.50. The minimum atomic E-state index is -0.491. The van der Waals surface area contributed by atoms with E-state index in [9.17, 15) is 4.79 Å². The van der Waals surface area contributed by atoms with Gasteiger partial charge in [0.05, 0.1) is 0 Å². The van der Waals surface area contributed by atoms with E-state index in [1.165, 1.54) is 19.4 Å². The van der Waals surface area contributed by atoms with Crippen molar-refractivity contribution in [1.29, 1.82) is 0 Å². The molecular weight excluding hydrogens is 252 g/mol. The lowest BCUT2D eigenvalue weighted by molar-refractivity contribution is -0.126. The van der Waals surface area contributed by atoms with Gasteiger partial charge in [0.1, 0.15) is 5.54 Å². The Kier molecular flexibility index (Phi) is 4.02.